The van der Waals surface area contributed by atoms with Crippen LogP contribution in [0.4, 0.5) is 0 Å². The summed E-state index contributed by atoms with van der Waals surface area (Å²) in [6.07, 6.45) is 0. The number of carbonyl (C=O) groups is 1. The smallest absolute Gasteiger partial charge is 0.309 e. The number of carbonyl (C=O) groups excluding carboxylic acids is 1. The average Bonchev–Trinajstić information content (AvgIpc) is 2.45. The highest BCUT2D eigenvalue weighted by molar-refractivity contribution is 7.91. The lowest BCUT2D eigenvalue weighted by atomic mass is 10.2. The van der Waals surface area contributed by atoms with Crippen molar-refractivity contribution >= 4 is 15.8 Å². The van der Waals surface area contributed by atoms with Crippen LogP contribution in [0.5, 0.6) is 11.5 Å². The first kappa shape index (κ1) is 14.6. The molecule has 1 heterocycles. The highest BCUT2D eigenvalue weighted by atomic mass is 32.2. The van der Waals surface area contributed by atoms with Gasteiger partial charge in [0, 0.05) is 6.07 Å². The van der Waals surface area contributed by atoms with Gasteiger partial charge in [-0.3, -0.25) is 4.79 Å². The predicted octanol–water partition coefficient (Wildman–Crippen LogP) is 1.04. The molecule has 2 rings (SSSR count). The fourth-order valence-electron chi connectivity index (χ4n) is 1.91. The van der Waals surface area contributed by atoms with Crippen molar-refractivity contribution in [1.29, 1.82) is 0 Å². The fraction of sp³-hybridized carbons (Fsp3) is 0.462. The van der Waals surface area contributed by atoms with Crippen LogP contribution in [0.1, 0.15) is 6.92 Å². The van der Waals surface area contributed by atoms with Gasteiger partial charge in [-0.15, -0.1) is 0 Å². The average molecular weight is 300 g/mol. The Hall–Kier alpha value is -1.76. The Bertz CT molecular complexity index is 607. The van der Waals surface area contributed by atoms with E-state index in [9.17, 15) is 13.2 Å². The second-order valence-corrected chi connectivity index (χ2v) is 6.55. The Morgan fingerprint density at radius 1 is 1.30 bits per heavy atom. The van der Waals surface area contributed by atoms with Gasteiger partial charge in [-0.1, -0.05) is 6.92 Å². The molecule has 1 aliphatic heterocycles. The summed E-state index contributed by atoms with van der Waals surface area (Å²) in [6.45, 7) is 2.34. The summed E-state index contributed by atoms with van der Waals surface area (Å²) in [7, 11) is -2.35. The normalized spacial score (nSPS) is 15.5. The van der Waals surface area contributed by atoms with E-state index in [-0.39, 0.29) is 10.6 Å². The number of fused-ring (bicyclic) bond motifs is 1. The number of methoxy groups -OCH3 is 1. The van der Waals surface area contributed by atoms with Gasteiger partial charge in [0.1, 0.15) is 13.2 Å². The first-order valence-electron chi connectivity index (χ1n) is 6.14. The quantitative estimate of drug-likeness (QED) is 0.773. The molecule has 0 bridgehead atoms. The molecule has 0 saturated carbocycles. The van der Waals surface area contributed by atoms with Crippen LogP contribution in [0.15, 0.2) is 23.1 Å². The van der Waals surface area contributed by atoms with Gasteiger partial charge in [0.15, 0.2) is 21.3 Å². The Balaban J connectivity index is 2.23. The van der Waals surface area contributed by atoms with E-state index >= 15 is 0 Å². The third-order valence-electron chi connectivity index (χ3n) is 2.95. The molecule has 0 amide bonds. The zero-order valence-corrected chi connectivity index (χ0v) is 12.1. The van der Waals surface area contributed by atoms with Crippen LogP contribution in [0.25, 0.3) is 0 Å². The van der Waals surface area contributed by atoms with Crippen molar-refractivity contribution in [2.24, 2.45) is 5.92 Å². The number of sulfone groups is 1. The molecule has 0 saturated heterocycles. The number of rotatable bonds is 4. The van der Waals surface area contributed by atoms with Crippen LogP contribution in [0, 0.1) is 5.92 Å². The fourth-order valence-corrected chi connectivity index (χ4v) is 3.46. The van der Waals surface area contributed by atoms with Crippen LogP contribution < -0.4 is 9.47 Å². The maximum Gasteiger partial charge on any atom is 0.309 e. The zero-order chi connectivity index (χ0) is 14.8. The zero-order valence-electron chi connectivity index (χ0n) is 11.3. The molecule has 0 fully saturated rings. The third kappa shape index (κ3) is 3.04. The molecular formula is C13H16O6S. The lowest BCUT2D eigenvalue weighted by molar-refractivity contribution is -0.144. The molecule has 1 unspecified atom stereocenters. The van der Waals surface area contributed by atoms with E-state index in [1.807, 2.05) is 0 Å². The maximum atomic E-state index is 12.2. The predicted molar refractivity (Wildman–Crippen MR) is 70.7 cm³/mol. The monoisotopic (exact) mass is 300 g/mol. The molecule has 1 aromatic rings. The molecule has 0 spiro atoms. The largest absolute Gasteiger partial charge is 0.486 e. The standard InChI is InChI=1S/C13H16O6S/c1-9(13(14)17-2)8-20(15,16)10-3-4-11-12(7-10)19-6-5-18-11/h3-4,7,9H,5-6,8H2,1-2H3. The van der Waals surface area contributed by atoms with E-state index in [2.05, 4.69) is 4.74 Å². The first-order valence-corrected chi connectivity index (χ1v) is 7.79. The van der Waals surface area contributed by atoms with Crippen molar-refractivity contribution in [3.63, 3.8) is 0 Å². The summed E-state index contributed by atoms with van der Waals surface area (Å²) in [5, 5.41) is 0. The van der Waals surface area contributed by atoms with E-state index < -0.39 is 21.7 Å². The van der Waals surface area contributed by atoms with E-state index in [1.54, 1.807) is 6.07 Å². The molecule has 110 valence electrons. The minimum absolute atomic E-state index is 0.109. The third-order valence-corrected chi connectivity index (χ3v) is 4.86. The minimum Gasteiger partial charge on any atom is -0.486 e. The first-order chi connectivity index (χ1) is 9.44. The number of hydrogen-bond donors (Lipinski definition) is 0. The van der Waals surface area contributed by atoms with Crippen molar-refractivity contribution in [3.8, 4) is 11.5 Å². The van der Waals surface area contributed by atoms with Crippen molar-refractivity contribution in [2.45, 2.75) is 11.8 Å². The summed E-state index contributed by atoms with van der Waals surface area (Å²) in [6, 6.07) is 4.44. The van der Waals surface area contributed by atoms with Crippen LogP contribution in [0.3, 0.4) is 0 Å². The molecule has 0 aliphatic carbocycles. The Morgan fingerprint density at radius 3 is 2.60 bits per heavy atom. The van der Waals surface area contributed by atoms with Gasteiger partial charge in [0.05, 0.1) is 23.7 Å². The topological polar surface area (TPSA) is 78.9 Å². The van der Waals surface area contributed by atoms with Gasteiger partial charge in [0.25, 0.3) is 0 Å². The summed E-state index contributed by atoms with van der Waals surface area (Å²) in [5.41, 5.74) is 0. The molecular weight excluding hydrogens is 284 g/mol. The molecule has 1 aromatic carbocycles. The molecule has 1 aliphatic rings. The highest BCUT2D eigenvalue weighted by Gasteiger charge is 2.25. The van der Waals surface area contributed by atoms with Crippen molar-refractivity contribution < 1.29 is 27.4 Å². The minimum atomic E-state index is -3.58. The molecule has 7 heteroatoms. The van der Waals surface area contributed by atoms with Crippen molar-refractivity contribution in [2.75, 3.05) is 26.1 Å². The van der Waals surface area contributed by atoms with Gasteiger partial charge in [-0.05, 0) is 12.1 Å². The number of hydrogen-bond acceptors (Lipinski definition) is 6. The van der Waals surface area contributed by atoms with Gasteiger partial charge in [-0.25, -0.2) is 8.42 Å². The van der Waals surface area contributed by atoms with E-state index in [0.717, 1.165) is 0 Å². The molecule has 6 nitrogen and oxygen atoms in total. The summed E-state index contributed by atoms with van der Waals surface area (Å²) in [4.78, 5) is 11.4. The Labute approximate surface area is 117 Å². The lowest BCUT2D eigenvalue weighted by Crippen LogP contribution is -2.23. The number of benzene rings is 1. The summed E-state index contributed by atoms with van der Waals surface area (Å²) >= 11 is 0. The van der Waals surface area contributed by atoms with Crippen molar-refractivity contribution in [3.05, 3.63) is 18.2 Å². The second kappa shape index (κ2) is 5.70. The van der Waals surface area contributed by atoms with Crippen LogP contribution in [0.2, 0.25) is 0 Å². The molecule has 20 heavy (non-hydrogen) atoms. The lowest BCUT2D eigenvalue weighted by Gasteiger charge is -2.19. The maximum absolute atomic E-state index is 12.2. The second-order valence-electron chi connectivity index (χ2n) is 4.51. The molecule has 0 radical (unpaired) electrons. The van der Waals surface area contributed by atoms with Crippen LogP contribution in [-0.2, 0) is 19.4 Å². The molecule has 1 atom stereocenters. The van der Waals surface area contributed by atoms with E-state index in [0.29, 0.717) is 24.7 Å². The molecule has 0 N–H and O–H groups in total. The van der Waals surface area contributed by atoms with E-state index in [4.69, 9.17) is 9.47 Å². The van der Waals surface area contributed by atoms with Gasteiger partial charge in [-0.2, -0.15) is 0 Å². The van der Waals surface area contributed by atoms with Crippen LogP contribution in [-0.4, -0.2) is 40.5 Å². The van der Waals surface area contributed by atoms with Gasteiger partial charge < -0.3 is 14.2 Å². The Kier molecular flexibility index (Phi) is 4.17. The van der Waals surface area contributed by atoms with E-state index in [1.165, 1.54) is 26.2 Å². The molecule has 0 aromatic heterocycles. The summed E-state index contributed by atoms with van der Waals surface area (Å²) in [5.74, 6) is -0.650. The SMILES string of the molecule is COC(=O)C(C)CS(=O)(=O)c1ccc2c(c1)OCCO2. The Morgan fingerprint density at radius 2 is 1.95 bits per heavy atom. The van der Waals surface area contributed by atoms with Crippen LogP contribution >= 0.6 is 0 Å². The van der Waals surface area contributed by atoms with Crippen molar-refractivity contribution in [1.82, 2.24) is 0 Å². The van der Waals surface area contributed by atoms with Gasteiger partial charge in [0.2, 0.25) is 0 Å². The summed E-state index contributed by atoms with van der Waals surface area (Å²) < 4.78 is 39.7. The number of ether oxygens (including phenoxy) is 3. The highest BCUT2D eigenvalue weighted by Crippen LogP contribution is 2.32. The number of esters is 1. The van der Waals surface area contributed by atoms with Gasteiger partial charge >= 0.3 is 5.97 Å².